The maximum atomic E-state index is 13.1. The zero-order valence-electron chi connectivity index (χ0n) is 14.1. The van der Waals surface area contributed by atoms with Gasteiger partial charge in [0.25, 0.3) is 5.91 Å². The van der Waals surface area contributed by atoms with Crippen molar-refractivity contribution in [3.63, 3.8) is 0 Å². The fraction of sp³-hybridized carbons (Fsp3) is 0.100. The summed E-state index contributed by atoms with van der Waals surface area (Å²) >= 11 is 2.96. The van der Waals surface area contributed by atoms with Gasteiger partial charge in [0.15, 0.2) is 5.13 Å². The molecule has 0 unspecified atom stereocenters. The molecule has 4 nitrogen and oxygen atoms in total. The molecule has 0 radical (unpaired) electrons. The molecule has 0 aliphatic rings. The molecule has 0 saturated heterocycles. The van der Waals surface area contributed by atoms with Gasteiger partial charge in [-0.15, -0.1) is 11.3 Å². The Balaban J connectivity index is 1.75. The summed E-state index contributed by atoms with van der Waals surface area (Å²) in [6, 6.07) is 19.5. The molecule has 26 heavy (non-hydrogen) atoms. The molecule has 0 spiro atoms. The van der Waals surface area contributed by atoms with Gasteiger partial charge in [-0.2, -0.15) is 0 Å². The molecule has 0 fully saturated rings. The van der Waals surface area contributed by atoms with E-state index in [1.54, 1.807) is 12.0 Å². The third-order valence-electron chi connectivity index (χ3n) is 3.97. The number of methoxy groups -OCH3 is 1. The SMILES string of the molecule is COc1ccc2sc(N(Cc3ccccc3)C(=O)c3cccs3)nc2c1. The lowest BCUT2D eigenvalue weighted by Crippen LogP contribution is -2.29. The summed E-state index contributed by atoms with van der Waals surface area (Å²) < 4.78 is 6.31. The van der Waals surface area contributed by atoms with Crippen molar-refractivity contribution in [3.05, 3.63) is 76.5 Å². The number of fused-ring (bicyclic) bond motifs is 1. The summed E-state index contributed by atoms with van der Waals surface area (Å²) in [5.74, 6) is 0.725. The normalized spacial score (nSPS) is 10.8. The fourth-order valence-electron chi connectivity index (χ4n) is 2.66. The van der Waals surface area contributed by atoms with Crippen molar-refractivity contribution < 1.29 is 9.53 Å². The fourth-order valence-corrected chi connectivity index (χ4v) is 4.28. The highest BCUT2D eigenvalue weighted by Crippen LogP contribution is 2.33. The number of aromatic nitrogens is 1. The monoisotopic (exact) mass is 380 g/mol. The van der Waals surface area contributed by atoms with Crippen molar-refractivity contribution in [1.29, 1.82) is 0 Å². The van der Waals surface area contributed by atoms with E-state index in [1.165, 1.54) is 22.7 Å². The summed E-state index contributed by atoms with van der Waals surface area (Å²) in [7, 11) is 1.64. The van der Waals surface area contributed by atoms with E-state index in [-0.39, 0.29) is 5.91 Å². The lowest BCUT2D eigenvalue weighted by Gasteiger charge is -2.19. The number of hydrogen-bond donors (Lipinski definition) is 0. The van der Waals surface area contributed by atoms with Crippen LogP contribution < -0.4 is 9.64 Å². The zero-order valence-corrected chi connectivity index (χ0v) is 15.7. The lowest BCUT2D eigenvalue weighted by atomic mass is 10.2. The molecule has 0 N–H and O–H groups in total. The zero-order chi connectivity index (χ0) is 17.9. The third-order valence-corrected chi connectivity index (χ3v) is 5.89. The molecule has 2 aromatic heterocycles. The van der Waals surface area contributed by atoms with Crippen LogP contribution in [-0.4, -0.2) is 18.0 Å². The largest absolute Gasteiger partial charge is 0.497 e. The molecule has 1 amide bonds. The summed E-state index contributed by atoms with van der Waals surface area (Å²) in [5, 5.41) is 2.60. The van der Waals surface area contributed by atoms with Crippen LogP contribution >= 0.6 is 22.7 Å². The van der Waals surface area contributed by atoms with Crippen LogP contribution in [-0.2, 0) is 6.54 Å². The molecule has 4 aromatic rings. The van der Waals surface area contributed by atoms with E-state index in [0.717, 1.165) is 21.5 Å². The van der Waals surface area contributed by atoms with E-state index >= 15 is 0 Å². The average molecular weight is 380 g/mol. The highest BCUT2D eigenvalue weighted by atomic mass is 32.1. The van der Waals surface area contributed by atoms with Crippen molar-refractivity contribution in [2.75, 3.05) is 12.0 Å². The van der Waals surface area contributed by atoms with E-state index in [9.17, 15) is 4.79 Å². The number of benzene rings is 2. The second kappa shape index (κ2) is 7.27. The number of amides is 1. The number of carbonyl (C=O) groups excluding carboxylic acids is 1. The van der Waals surface area contributed by atoms with E-state index < -0.39 is 0 Å². The second-order valence-electron chi connectivity index (χ2n) is 5.68. The molecular weight excluding hydrogens is 364 g/mol. The van der Waals surface area contributed by atoms with Crippen LogP contribution in [0, 0.1) is 0 Å². The standard InChI is InChI=1S/C20H16N2O2S2/c1-24-15-9-10-17-16(12-15)21-20(26-17)22(13-14-6-3-2-4-7-14)19(23)18-8-5-11-25-18/h2-12H,13H2,1H3. The molecule has 4 rings (SSSR count). The Morgan fingerprint density at radius 1 is 1.12 bits per heavy atom. The average Bonchev–Trinajstić information content (AvgIpc) is 3.35. The number of carbonyl (C=O) groups is 1. The minimum Gasteiger partial charge on any atom is -0.497 e. The second-order valence-corrected chi connectivity index (χ2v) is 7.64. The molecule has 2 heterocycles. The van der Waals surface area contributed by atoms with E-state index in [0.29, 0.717) is 16.6 Å². The summed E-state index contributed by atoms with van der Waals surface area (Å²) in [5.41, 5.74) is 1.90. The van der Waals surface area contributed by atoms with Gasteiger partial charge in [0, 0.05) is 6.07 Å². The van der Waals surface area contributed by atoms with E-state index in [2.05, 4.69) is 0 Å². The van der Waals surface area contributed by atoms with Crippen LogP contribution in [0.4, 0.5) is 5.13 Å². The Kier molecular flexibility index (Phi) is 4.69. The molecule has 0 atom stereocenters. The maximum Gasteiger partial charge on any atom is 0.270 e. The Morgan fingerprint density at radius 3 is 2.69 bits per heavy atom. The Hall–Kier alpha value is -2.70. The minimum atomic E-state index is -0.0325. The molecule has 0 aliphatic carbocycles. The van der Waals surface area contributed by atoms with Gasteiger partial charge < -0.3 is 4.74 Å². The number of thiophene rings is 1. The third kappa shape index (κ3) is 3.34. The molecular formula is C20H16N2O2S2. The van der Waals surface area contributed by atoms with E-state index in [4.69, 9.17) is 9.72 Å². The van der Waals surface area contributed by atoms with Crippen LogP contribution in [0.25, 0.3) is 10.2 Å². The Labute approximate surface area is 159 Å². The number of thiazole rings is 1. The first-order valence-corrected chi connectivity index (χ1v) is 9.78. The Bertz CT molecular complexity index is 1030. The predicted octanol–water partition coefficient (Wildman–Crippen LogP) is 5.21. The van der Waals surface area contributed by atoms with Gasteiger partial charge in [0.05, 0.1) is 28.7 Å². The number of anilines is 1. The van der Waals surface area contributed by atoms with Crippen LogP contribution in [0.3, 0.4) is 0 Å². The Morgan fingerprint density at radius 2 is 1.96 bits per heavy atom. The molecule has 2 aromatic carbocycles. The topological polar surface area (TPSA) is 42.4 Å². The van der Waals surface area contributed by atoms with Crippen molar-refractivity contribution in [2.45, 2.75) is 6.54 Å². The quantitative estimate of drug-likeness (QED) is 0.477. The van der Waals surface area contributed by atoms with Crippen LogP contribution in [0.5, 0.6) is 5.75 Å². The molecule has 0 bridgehead atoms. The first-order valence-electron chi connectivity index (χ1n) is 8.08. The highest BCUT2D eigenvalue weighted by Gasteiger charge is 2.22. The van der Waals surface area contributed by atoms with Crippen LogP contribution in [0.2, 0.25) is 0 Å². The van der Waals surface area contributed by atoms with Gasteiger partial charge in [0.1, 0.15) is 5.75 Å². The number of hydrogen-bond acceptors (Lipinski definition) is 5. The first-order chi connectivity index (χ1) is 12.7. The van der Waals surface area contributed by atoms with Gasteiger partial charge in [-0.3, -0.25) is 9.69 Å². The first kappa shape index (κ1) is 16.8. The van der Waals surface area contributed by atoms with Gasteiger partial charge >= 0.3 is 0 Å². The van der Waals surface area contributed by atoms with Crippen molar-refractivity contribution >= 4 is 43.9 Å². The van der Waals surface area contributed by atoms with Crippen molar-refractivity contribution in [3.8, 4) is 5.75 Å². The van der Waals surface area contributed by atoms with Crippen molar-refractivity contribution in [1.82, 2.24) is 4.98 Å². The number of nitrogens with zero attached hydrogens (tertiary/aromatic N) is 2. The van der Waals surface area contributed by atoms with Gasteiger partial charge in [-0.25, -0.2) is 4.98 Å². The smallest absolute Gasteiger partial charge is 0.270 e. The van der Waals surface area contributed by atoms with Gasteiger partial charge in [0.2, 0.25) is 0 Å². The highest BCUT2D eigenvalue weighted by molar-refractivity contribution is 7.22. The number of ether oxygens (including phenoxy) is 1. The summed E-state index contributed by atoms with van der Waals surface area (Å²) in [6.45, 7) is 0.481. The molecule has 6 heteroatoms. The van der Waals surface area contributed by atoms with Gasteiger partial charge in [-0.1, -0.05) is 47.7 Å². The van der Waals surface area contributed by atoms with Crippen LogP contribution in [0.1, 0.15) is 15.2 Å². The van der Waals surface area contributed by atoms with Gasteiger partial charge in [-0.05, 0) is 29.1 Å². The van der Waals surface area contributed by atoms with E-state index in [1.807, 2.05) is 66.0 Å². The molecule has 0 saturated carbocycles. The lowest BCUT2D eigenvalue weighted by molar-refractivity contribution is 0.0989. The van der Waals surface area contributed by atoms with Crippen LogP contribution in [0.15, 0.2) is 66.0 Å². The summed E-state index contributed by atoms with van der Waals surface area (Å²) in [4.78, 5) is 20.2. The summed E-state index contributed by atoms with van der Waals surface area (Å²) in [6.07, 6.45) is 0. The minimum absolute atomic E-state index is 0.0325. The number of rotatable bonds is 5. The van der Waals surface area contributed by atoms with Crippen molar-refractivity contribution in [2.24, 2.45) is 0 Å². The predicted molar refractivity (Wildman–Crippen MR) is 107 cm³/mol. The molecule has 0 aliphatic heterocycles. The maximum absolute atomic E-state index is 13.1. The molecule has 130 valence electrons.